The van der Waals surface area contributed by atoms with Gasteiger partial charge in [0.15, 0.2) is 0 Å². The van der Waals surface area contributed by atoms with Gasteiger partial charge in [0.1, 0.15) is 0 Å². The van der Waals surface area contributed by atoms with Crippen molar-refractivity contribution in [2.45, 2.75) is 26.5 Å². The van der Waals surface area contributed by atoms with Crippen molar-refractivity contribution in [1.29, 1.82) is 0 Å². The van der Waals surface area contributed by atoms with E-state index in [0.717, 1.165) is 0 Å². The van der Waals surface area contributed by atoms with Crippen LogP contribution in [0, 0.1) is 5.92 Å². The Morgan fingerprint density at radius 3 is 1.92 bits per heavy atom. The van der Waals surface area contributed by atoms with Crippen LogP contribution in [0.1, 0.15) is 40.5 Å². The summed E-state index contributed by atoms with van der Waals surface area (Å²) >= 11 is -0.945. The molecule has 0 saturated carbocycles. The van der Waals surface area contributed by atoms with E-state index in [0.29, 0.717) is 17.8 Å². The van der Waals surface area contributed by atoms with Crippen LogP contribution in [0.25, 0.3) is 12.2 Å². The minimum atomic E-state index is -0.945. The number of hydrogen-bond donors (Lipinski definition) is 0. The molecule has 5 rings (SSSR count). The van der Waals surface area contributed by atoms with Crippen LogP contribution in [-0.2, 0) is 21.3 Å². The van der Waals surface area contributed by atoms with Crippen molar-refractivity contribution >= 4 is 15.9 Å². The fourth-order valence-electron chi connectivity index (χ4n) is 4.40. The summed E-state index contributed by atoms with van der Waals surface area (Å²) in [6.07, 6.45) is 10.9. The van der Waals surface area contributed by atoms with Crippen LogP contribution in [0.15, 0.2) is 60.7 Å². The molecule has 0 bridgehead atoms. The van der Waals surface area contributed by atoms with E-state index >= 15 is 0 Å². The van der Waals surface area contributed by atoms with Gasteiger partial charge < -0.3 is 0 Å². The molecule has 0 nitrogen and oxygen atoms in total. The van der Waals surface area contributed by atoms with Crippen LogP contribution in [-0.4, -0.2) is 3.71 Å². The van der Waals surface area contributed by atoms with Crippen molar-refractivity contribution in [1.82, 2.24) is 0 Å². The predicted molar refractivity (Wildman–Crippen MR) is 100 cm³/mol. The Morgan fingerprint density at radius 2 is 1.38 bits per heavy atom. The monoisotopic (exact) mass is 388 g/mol. The number of hydrogen-bond acceptors (Lipinski definition) is 0. The van der Waals surface area contributed by atoms with E-state index in [9.17, 15) is 0 Å². The molecule has 2 aliphatic carbocycles. The third-order valence-corrected chi connectivity index (χ3v) is 10.5. The maximum absolute atomic E-state index is 2.80. The van der Waals surface area contributed by atoms with Gasteiger partial charge >= 0.3 is 152 Å². The van der Waals surface area contributed by atoms with Crippen LogP contribution in [0.4, 0.5) is 0 Å². The molecule has 0 N–H and O–H groups in total. The Labute approximate surface area is 152 Å². The molecule has 118 valence electrons. The van der Waals surface area contributed by atoms with E-state index in [4.69, 9.17) is 0 Å². The summed E-state index contributed by atoms with van der Waals surface area (Å²) in [6.45, 7) is 0. The SMILES string of the molecule is C1=CC(C(C[CH]=[Zr]2[CH2][CH2]2)C2C=Cc3ccccc32)c2ccccc21. The summed E-state index contributed by atoms with van der Waals surface area (Å²) in [4.78, 5) is 0. The number of allylic oxidation sites excluding steroid dienone is 2. The van der Waals surface area contributed by atoms with Gasteiger partial charge in [-0.15, -0.1) is 0 Å². The second-order valence-electron chi connectivity index (χ2n) is 7.29. The van der Waals surface area contributed by atoms with Crippen LogP contribution >= 0.6 is 0 Å². The van der Waals surface area contributed by atoms with Gasteiger partial charge in [-0.25, -0.2) is 0 Å². The van der Waals surface area contributed by atoms with Gasteiger partial charge in [0.25, 0.3) is 0 Å². The molecular formula is C23H22Zr. The first-order valence-electron chi connectivity index (χ1n) is 9.12. The Kier molecular flexibility index (Phi) is 3.86. The van der Waals surface area contributed by atoms with Crippen LogP contribution in [0.5, 0.6) is 0 Å². The molecule has 2 aromatic carbocycles. The van der Waals surface area contributed by atoms with E-state index in [1.165, 1.54) is 28.7 Å². The molecule has 0 aromatic heterocycles. The van der Waals surface area contributed by atoms with Gasteiger partial charge in [0.2, 0.25) is 0 Å². The molecular weight excluding hydrogens is 367 g/mol. The summed E-state index contributed by atoms with van der Waals surface area (Å²) in [5.74, 6) is 1.82. The number of rotatable bonds is 4. The first-order chi connectivity index (χ1) is 11.9. The molecule has 0 spiro atoms. The summed E-state index contributed by atoms with van der Waals surface area (Å²) in [5, 5.41) is 0. The molecule has 1 saturated heterocycles. The quantitative estimate of drug-likeness (QED) is 0.612. The maximum atomic E-state index is 2.80. The van der Waals surface area contributed by atoms with Crippen molar-refractivity contribution in [3.05, 3.63) is 82.9 Å². The Hall–Kier alpha value is -1.33. The summed E-state index contributed by atoms with van der Waals surface area (Å²) in [6, 6.07) is 18.0. The van der Waals surface area contributed by atoms with E-state index < -0.39 is 21.3 Å². The van der Waals surface area contributed by atoms with E-state index in [-0.39, 0.29) is 0 Å². The minimum absolute atomic E-state index is 0.570. The van der Waals surface area contributed by atoms with Crippen molar-refractivity contribution in [2.24, 2.45) is 5.92 Å². The molecule has 1 heterocycles. The van der Waals surface area contributed by atoms with Crippen molar-refractivity contribution < 1.29 is 21.3 Å². The fourth-order valence-corrected chi connectivity index (χ4v) is 9.34. The normalized spacial score (nSPS) is 23.9. The van der Waals surface area contributed by atoms with Crippen molar-refractivity contribution in [2.75, 3.05) is 0 Å². The first kappa shape index (κ1) is 15.0. The first-order valence-corrected chi connectivity index (χ1v) is 14.0. The second-order valence-corrected chi connectivity index (χ2v) is 14.0. The van der Waals surface area contributed by atoms with Crippen molar-refractivity contribution in [3.63, 3.8) is 0 Å². The molecule has 0 radical (unpaired) electrons. The molecule has 2 aromatic rings. The Balaban J connectivity index is 1.54. The molecule has 3 aliphatic rings. The number of benzene rings is 2. The van der Waals surface area contributed by atoms with Gasteiger partial charge in [-0.2, -0.15) is 0 Å². The molecule has 2 atom stereocenters. The third kappa shape index (κ3) is 2.68. The van der Waals surface area contributed by atoms with Gasteiger partial charge in [0.05, 0.1) is 0 Å². The standard InChI is InChI=1S/C21H18.C2H4.Zr/c1-2-17(20-13-11-15-7-3-5-9-18(15)20)21-14-12-16-8-4-6-10-19(16)21;1-2;/h1,3-14,17,20-21H,2H2;1-2H2;. The van der Waals surface area contributed by atoms with Gasteiger partial charge in [-0.3, -0.25) is 0 Å². The number of fused-ring (bicyclic) bond motifs is 2. The van der Waals surface area contributed by atoms with Crippen molar-refractivity contribution in [3.8, 4) is 0 Å². The zero-order valence-electron chi connectivity index (χ0n) is 13.9. The third-order valence-electron chi connectivity index (χ3n) is 5.82. The average Bonchev–Trinajstić information content (AvgIpc) is 3.21. The zero-order valence-corrected chi connectivity index (χ0v) is 16.3. The zero-order chi connectivity index (χ0) is 15.9. The van der Waals surface area contributed by atoms with Crippen LogP contribution in [0.2, 0.25) is 8.26 Å². The van der Waals surface area contributed by atoms with Crippen LogP contribution in [0.3, 0.4) is 0 Å². The molecule has 24 heavy (non-hydrogen) atoms. The summed E-state index contributed by atoms with van der Waals surface area (Å²) in [5.41, 5.74) is 5.93. The fraction of sp³-hybridized carbons (Fsp3) is 0.261. The van der Waals surface area contributed by atoms with Gasteiger partial charge in [-0.05, 0) is 0 Å². The van der Waals surface area contributed by atoms with E-state index in [1.54, 1.807) is 8.26 Å². The molecule has 0 amide bonds. The Morgan fingerprint density at radius 1 is 0.833 bits per heavy atom. The van der Waals surface area contributed by atoms with Gasteiger partial charge in [0, 0.05) is 0 Å². The van der Waals surface area contributed by atoms with Crippen LogP contribution < -0.4 is 0 Å². The van der Waals surface area contributed by atoms with E-state index in [1.807, 2.05) is 0 Å². The van der Waals surface area contributed by atoms with Gasteiger partial charge in [-0.1, -0.05) is 0 Å². The van der Waals surface area contributed by atoms with E-state index in [2.05, 4.69) is 76.5 Å². The topological polar surface area (TPSA) is 0 Å². The molecule has 1 heteroatoms. The predicted octanol–water partition coefficient (Wildman–Crippen LogP) is 5.88. The average molecular weight is 390 g/mol. The molecule has 2 unspecified atom stereocenters. The molecule has 1 aliphatic heterocycles. The summed E-state index contributed by atoms with van der Waals surface area (Å²) in [7, 11) is 0. The molecule has 1 fully saturated rings. The Bertz CT molecular complexity index is 804. The summed E-state index contributed by atoms with van der Waals surface area (Å²) < 4.78 is 6.00. The second kappa shape index (κ2) is 6.19.